The van der Waals surface area contributed by atoms with E-state index >= 15 is 0 Å². The Bertz CT molecular complexity index is 218. The third-order valence-electron chi connectivity index (χ3n) is 1.78. The molecule has 11 heavy (non-hydrogen) atoms. The second kappa shape index (κ2) is 3.49. The van der Waals surface area contributed by atoms with Gasteiger partial charge in [0.15, 0.2) is 0 Å². The summed E-state index contributed by atoms with van der Waals surface area (Å²) in [4.78, 5) is 4.14. The van der Waals surface area contributed by atoms with Gasteiger partial charge in [-0.15, -0.1) is 0 Å². The maximum absolute atomic E-state index is 8.83. The zero-order valence-electron chi connectivity index (χ0n) is 6.91. The molecule has 0 fully saturated rings. The third kappa shape index (κ3) is 2.02. The Morgan fingerprint density at radius 1 is 1.55 bits per heavy atom. The lowest BCUT2D eigenvalue weighted by Crippen LogP contribution is -1.99. The van der Waals surface area contributed by atoms with Gasteiger partial charge in [-0.3, -0.25) is 4.98 Å². The van der Waals surface area contributed by atoms with Crippen LogP contribution in [-0.2, 0) is 0 Å². The van der Waals surface area contributed by atoms with Gasteiger partial charge in [0.1, 0.15) is 0 Å². The number of aliphatic hydroxyl groups is 1. The van der Waals surface area contributed by atoms with Gasteiger partial charge in [-0.25, -0.2) is 0 Å². The van der Waals surface area contributed by atoms with Gasteiger partial charge in [-0.2, -0.15) is 0 Å². The molecule has 0 amide bonds. The molecule has 1 atom stereocenters. The Hall–Kier alpha value is -0.890. The molecule has 0 saturated heterocycles. The molecule has 2 nitrogen and oxygen atoms in total. The predicted molar refractivity (Wildman–Crippen MR) is 44.5 cm³/mol. The van der Waals surface area contributed by atoms with Crippen molar-refractivity contribution < 1.29 is 5.11 Å². The van der Waals surface area contributed by atoms with E-state index in [4.69, 9.17) is 5.11 Å². The van der Waals surface area contributed by atoms with Gasteiger partial charge in [-0.05, 0) is 18.6 Å². The van der Waals surface area contributed by atoms with Crippen molar-refractivity contribution in [2.24, 2.45) is 0 Å². The molecule has 0 unspecified atom stereocenters. The molecule has 0 aliphatic heterocycles. The Labute approximate surface area is 66.9 Å². The fourth-order valence-corrected chi connectivity index (χ4v) is 0.876. The van der Waals surface area contributed by atoms with Crippen LogP contribution in [-0.4, -0.2) is 16.7 Å². The minimum atomic E-state index is 0.185. The predicted octanol–water partition coefficient (Wildman–Crippen LogP) is 1.49. The number of hydrogen-bond acceptors (Lipinski definition) is 2. The largest absolute Gasteiger partial charge is 0.396 e. The molecule has 1 heterocycles. The summed E-state index contributed by atoms with van der Waals surface area (Å²) in [5.74, 6) is 0.197. The summed E-state index contributed by atoms with van der Waals surface area (Å²) in [6.07, 6.45) is 1.82. The second-order valence-corrected chi connectivity index (χ2v) is 2.82. The Kier molecular flexibility index (Phi) is 2.60. The highest BCUT2D eigenvalue weighted by molar-refractivity contribution is 5.16. The van der Waals surface area contributed by atoms with Crippen LogP contribution in [0.5, 0.6) is 0 Å². The van der Waals surface area contributed by atoms with E-state index in [1.165, 1.54) is 0 Å². The van der Waals surface area contributed by atoms with E-state index in [1.54, 1.807) is 0 Å². The lowest BCUT2D eigenvalue weighted by molar-refractivity contribution is 0.273. The van der Waals surface area contributed by atoms with Crippen molar-refractivity contribution in [2.75, 3.05) is 6.61 Å². The van der Waals surface area contributed by atoms with Gasteiger partial charge in [-0.1, -0.05) is 13.0 Å². The summed E-state index contributed by atoms with van der Waals surface area (Å²) in [6.45, 7) is 4.12. The molecule has 0 saturated carbocycles. The molecular formula is C9H13NO. The van der Waals surface area contributed by atoms with Gasteiger partial charge in [0.05, 0.1) is 0 Å². The van der Waals surface area contributed by atoms with Crippen LogP contribution < -0.4 is 0 Å². The monoisotopic (exact) mass is 151 g/mol. The Morgan fingerprint density at radius 2 is 2.27 bits per heavy atom. The minimum Gasteiger partial charge on any atom is -0.396 e. The number of hydrogen-bond donors (Lipinski definition) is 1. The van der Waals surface area contributed by atoms with Gasteiger partial charge in [0, 0.05) is 24.4 Å². The van der Waals surface area contributed by atoms with Crippen LogP contribution in [0.3, 0.4) is 0 Å². The number of aryl methyl sites for hydroxylation is 1. The lowest BCUT2D eigenvalue weighted by Gasteiger charge is -2.06. The number of pyridine rings is 1. The number of aliphatic hydroxyl groups excluding tert-OH is 1. The summed E-state index contributed by atoms with van der Waals surface area (Å²) < 4.78 is 0. The van der Waals surface area contributed by atoms with Crippen LogP contribution in [0.2, 0.25) is 0 Å². The Balaban J connectivity index is 2.81. The molecule has 0 bridgehead atoms. The van der Waals surface area contributed by atoms with E-state index in [0.717, 1.165) is 11.3 Å². The summed E-state index contributed by atoms with van der Waals surface area (Å²) in [7, 11) is 0. The van der Waals surface area contributed by atoms with Crippen molar-refractivity contribution in [1.82, 2.24) is 4.98 Å². The number of nitrogens with zero attached hydrogens (tertiary/aromatic N) is 1. The highest BCUT2D eigenvalue weighted by Crippen LogP contribution is 2.12. The molecule has 1 rings (SSSR count). The third-order valence-corrected chi connectivity index (χ3v) is 1.78. The van der Waals surface area contributed by atoms with Gasteiger partial charge in [0.25, 0.3) is 0 Å². The first-order chi connectivity index (χ1) is 5.24. The number of rotatable bonds is 2. The van der Waals surface area contributed by atoms with E-state index in [0.29, 0.717) is 0 Å². The minimum absolute atomic E-state index is 0.185. The van der Waals surface area contributed by atoms with Crippen LogP contribution >= 0.6 is 0 Å². The SMILES string of the molecule is Cc1ccc([C@H](C)CO)cn1. The zero-order valence-corrected chi connectivity index (χ0v) is 6.91. The average molecular weight is 151 g/mol. The van der Waals surface area contributed by atoms with E-state index in [-0.39, 0.29) is 12.5 Å². The first kappa shape index (κ1) is 8.21. The van der Waals surface area contributed by atoms with E-state index in [2.05, 4.69) is 4.98 Å². The smallest absolute Gasteiger partial charge is 0.0497 e. The zero-order chi connectivity index (χ0) is 8.27. The van der Waals surface area contributed by atoms with Gasteiger partial charge >= 0.3 is 0 Å². The van der Waals surface area contributed by atoms with Crippen molar-refractivity contribution in [1.29, 1.82) is 0 Å². The average Bonchev–Trinajstić information content (AvgIpc) is 2.05. The van der Waals surface area contributed by atoms with E-state index < -0.39 is 0 Å². The molecule has 0 aromatic carbocycles. The molecule has 2 heteroatoms. The van der Waals surface area contributed by atoms with E-state index in [1.807, 2.05) is 32.2 Å². The molecular weight excluding hydrogens is 138 g/mol. The summed E-state index contributed by atoms with van der Waals surface area (Å²) >= 11 is 0. The quantitative estimate of drug-likeness (QED) is 0.694. The standard InChI is InChI=1S/C9H13NO/c1-7(6-11)9-4-3-8(2)10-5-9/h3-5,7,11H,6H2,1-2H3/t7-/m1/s1. The lowest BCUT2D eigenvalue weighted by atomic mass is 10.0. The number of aromatic nitrogens is 1. The fraction of sp³-hybridized carbons (Fsp3) is 0.444. The molecule has 0 radical (unpaired) electrons. The molecule has 0 spiro atoms. The van der Waals surface area contributed by atoms with Crippen molar-refractivity contribution in [3.8, 4) is 0 Å². The molecule has 60 valence electrons. The van der Waals surface area contributed by atoms with Crippen LogP contribution in [0.15, 0.2) is 18.3 Å². The van der Waals surface area contributed by atoms with Crippen molar-refractivity contribution in [3.63, 3.8) is 0 Å². The molecule has 1 aromatic heterocycles. The molecule has 1 aromatic rings. The fourth-order valence-electron chi connectivity index (χ4n) is 0.876. The van der Waals surface area contributed by atoms with Crippen molar-refractivity contribution in [2.45, 2.75) is 19.8 Å². The first-order valence-corrected chi connectivity index (χ1v) is 3.77. The maximum Gasteiger partial charge on any atom is 0.0497 e. The van der Waals surface area contributed by atoms with E-state index in [9.17, 15) is 0 Å². The van der Waals surface area contributed by atoms with Gasteiger partial charge < -0.3 is 5.11 Å². The summed E-state index contributed by atoms with van der Waals surface area (Å²) in [5, 5.41) is 8.83. The second-order valence-electron chi connectivity index (χ2n) is 2.82. The molecule has 1 N–H and O–H groups in total. The topological polar surface area (TPSA) is 33.1 Å². The molecule has 0 aliphatic carbocycles. The van der Waals surface area contributed by atoms with Gasteiger partial charge in [0.2, 0.25) is 0 Å². The summed E-state index contributed by atoms with van der Waals surface area (Å²) in [5.41, 5.74) is 2.11. The van der Waals surface area contributed by atoms with Crippen molar-refractivity contribution in [3.05, 3.63) is 29.6 Å². The van der Waals surface area contributed by atoms with Crippen LogP contribution in [0.1, 0.15) is 24.1 Å². The van der Waals surface area contributed by atoms with Crippen LogP contribution in [0.4, 0.5) is 0 Å². The van der Waals surface area contributed by atoms with Crippen LogP contribution in [0, 0.1) is 6.92 Å². The first-order valence-electron chi connectivity index (χ1n) is 3.77. The highest BCUT2D eigenvalue weighted by atomic mass is 16.3. The van der Waals surface area contributed by atoms with Crippen molar-refractivity contribution >= 4 is 0 Å². The summed E-state index contributed by atoms with van der Waals surface area (Å²) in [6, 6.07) is 3.96. The van der Waals surface area contributed by atoms with Crippen LogP contribution in [0.25, 0.3) is 0 Å². The normalized spacial score (nSPS) is 13.0. The Morgan fingerprint density at radius 3 is 2.73 bits per heavy atom. The highest BCUT2D eigenvalue weighted by Gasteiger charge is 2.02. The molecule has 0 aliphatic rings. The maximum atomic E-state index is 8.83.